The molecule has 3 N–H and O–H groups in total. The third-order valence-electron chi connectivity index (χ3n) is 5.80. The first-order chi connectivity index (χ1) is 16.8. The van der Waals surface area contributed by atoms with Crippen molar-refractivity contribution in [2.75, 3.05) is 24.6 Å². The predicted molar refractivity (Wildman–Crippen MR) is 135 cm³/mol. The maximum atomic E-state index is 13.1. The van der Waals surface area contributed by atoms with Gasteiger partial charge in [-0.25, -0.2) is 8.42 Å². The summed E-state index contributed by atoms with van der Waals surface area (Å²) >= 11 is 1.54. The number of hydrogen-bond acceptors (Lipinski definition) is 8. The van der Waals surface area contributed by atoms with Gasteiger partial charge in [0.05, 0.1) is 10.4 Å². The summed E-state index contributed by atoms with van der Waals surface area (Å²) in [7, 11) is -4.17. The molecule has 9 nitrogen and oxygen atoms in total. The van der Waals surface area contributed by atoms with Crippen LogP contribution in [0.3, 0.4) is 0 Å². The summed E-state index contributed by atoms with van der Waals surface area (Å²) in [4.78, 5) is 17.4. The molecule has 35 heavy (non-hydrogen) atoms. The third-order valence-corrected chi connectivity index (χ3v) is 8.41. The molecule has 1 fully saturated rings. The lowest BCUT2D eigenvalue weighted by Gasteiger charge is -2.38. The van der Waals surface area contributed by atoms with Crippen LogP contribution in [-0.4, -0.2) is 64.6 Å². The lowest BCUT2D eigenvalue weighted by molar-refractivity contribution is -0.120. The summed E-state index contributed by atoms with van der Waals surface area (Å²) in [5, 5.41) is 11.7. The number of sulfonamides is 1. The first-order valence-corrected chi connectivity index (χ1v) is 13.8. The summed E-state index contributed by atoms with van der Waals surface area (Å²) in [6.45, 7) is 3.06. The van der Waals surface area contributed by atoms with Crippen LogP contribution in [0.1, 0.15) is 17.7 Å². The van der Waals surface area contributed by atoms with E-state index in [4.69, 9.17) is 10.5 Å². The van der Waals surface area contributed by atoms with Gasteiger partial charge in [-0.15, -0.1) is 0 Å². The summed E-state index contributed by atoms with van der Waals surface area (Å²) in [5.41, 5.74) is 8.00. The highest BCUT2D eigenvalue weighted by Crippen LogP contribution is 2.26. The fraction of sp³-hybridized carbons (Fsp3) is 0.333. The monoisotopic (exact) mass is 516 g/mol. The van der Waals surface area contributed by atoms with E-state index in [2.05, 4.69) is 4.98 Å². The molecule has 0 unspecified atom stereocenters. The number of primary amides is 1. The second-order valence-corrected chi connectivity index (χ2v) is 11.2. The number of aryl methyl sites for hydroxylation is 1. The Balaban J connectivity index is 1.46. The van der Waals surface area contributed by atoms with E-state index in [0.717, 1.165) is 27.9 Å². The Kier molecular flexibility index (Phi) is 7.92. The van der Waals surface area contributed by atoms with Crippen LogP contribution in [0.25, 0.3) is 10.9 Å². The number of carbonyl (C=O) groups is 1. The van der Waals surface area contributed by atoms with Crippen molar-refractivity contribution in [2.24, 2.45) is 5.73 Å². The van der Waals surface area contributed by atoms with Crippen molar-refractivity contribution in [3.05, 3.63) is 65.9 Å². The van der Waals surface area contributed by atoms with E-state index in [1.54, 1.807) is 28.8 Å². The second-order valence-electron chi connectivity index (χ2n) is 8.29. The largest absolute Gasteiger partial charge is 0.489 e. The minimum atomic E-state index is -4.17. The standard InChI is InChI=1S/C24H28N4O5S2/c1-17-14-18(21-4-2-3-5-22(21)26-17)15-33-19-6-8-20(9-7-19)35(31,32)28(30)24-16-34-13-12-27(24)11-10-23(25)29/h2-9,14,24,30H,10-13,15-16H2,1H3,(H2,25,29)/t24-/m0/s1. The SMILES string of the molecule is Cc1cc(COc2ccc(S(=O)(=O)N(O)[C@H]3CSCCN3CCC(N)=O)cc2)c2ccccc2n1. The van der Waals surface area contributed by atoms with E-state index in [0.29, 0.717) is 29.1 Å². The number of aromatic nitrogens is 1. The fourth-order valence-corrected chi connectivity index (χ4v) is 6.41. The Bertz CT molecular complexity index is 1300. The first kappa shape index (κ1) is 25.4. The normalized spacial score (nSPS) is 17.1. The lowest BCUT2D eigenvalue weighted by atomic mass is 10.1. The smallest absolute Gasteiger partial charge is 0.266 e. The highest BCUT2D eigenvalue weighted by Gasteiger charge is 2.36. The minimum Gasteiger partial charge on any atom is -0.489 e. The van der Waals surface area contributed by atoms with E-state index in [1.165, 1.54) is 12.1 Å². The van der Waals surface area contributed by atoms with Gasteiger partial charge in [-0.1, -0.05) is 22.7 Å². The highest BCUT2D eigenvalue weighted by molar-refractivity contribution is 7.99. The number of nitrogens with two attached hydrogens (primary N) is 1. The molecule has 0 radical (unpaired) electrons. The minimum absolute atomic E-state index is 0.0528. The second kappa shape index (κ2) is 10.9. The van der Waals surface area contributed by atoms with Crippen molar-refractivity contribution in [1.29, 1.82) is 0 Å². The Morgan fingerprint density at radius 2 is 2.00 bits per heavy atom. The van der Waals surface area contributed by atoms with Crippen molar-refractivity contribution in [3.63, 3.8) is 0 Å². The number of nitrogens with zero attached hydrogens (tertiary/aromatic N) is 3. The zero-order chi connectivity index (χ0) is 25.0. The Morgan fingerprint density at radius 3 is 2.74 bits per heavy atom. The zero-order valence-corrected chi connectivity index (χ0v) is 21.0. The molecule has 1 amide bonds. The number of fused-ring (bicyclic) bond motifs is 1. The number of benzene rings is 2. The van der Waals surface area contributed by atoms with Gasteiger partial charge in [0.25, 0.3) is 10.0 Å². The summed E-state index contributed by atoms with van der Waals surface area (Å²) < 4.78 is 32.5. The summed E-state index contributed by atoms with van der Waals surface area (Å²) in [6.07, 6.45) is -0.690. The molecule has 1 aliphatic heterocycles. The summed E-state index contributed by atoms with van der Waals surface area (Å²) in [5.74, 6) is 1.19. The molecule has 4 rings (SSSR count). The van der Waals surface area contributed by atoms with Crippen LogP contribution >= 0.6 is 11.8 Å². The average Bonchev–Trinajstić information content (AvgIpc) is 2.86. The third kappa shape index (κ3) is 5.93. The highest BCUT2D eigenvalue weighted by atomic mass is 32.2. The fourth-order valence-electron chi connectivity index (χ4n) is 3.99. The van der Waals surface area contributed by atoms with Crippen LogP contribution in [0.5, 0.6) is 5.75 Å². The molecule has 186 valence electrons. The molecule has 1 aromatic heterocycles. The molecule has 0 bridgehead atoms. The van der Waals surface area contributed by atoms with E-state index in [1.807, 2.05) is 37.3 Å². The van der Waals surface area contributed by atoms with Crippen molar-refractivity contribution in [3.8, 4) is 5.75 Å². The number of hydrogen-bond donors (Lipinski definition) is 2. The molecule has 1 saturated heterocycles. The molecule has 2 heterocycles. The number of ether oxygens (including phenoxy) is 1. The van der Waals surface area contributed by atoms with Crippen LogP contribution in [0.2, 0.25) is 0 Å². The van der Waals surface area contributed by atoms with Gasteiger partial charge < -0.3 is 10.5 Å². The number of rotatable bonds is 9. The Hall–Kier alpha value is -2.70. The molecule has 0 spiro atoms. The molecular weight excluding hydrogens is 488 g/mol. The van der Waals surface area contributed by atoms with Crippen molar-refractivity contribution in [2.45, 2.75) is 31.0 Å². The van der Waals surface area contributed by atoms with Crippen molar-refractivity contribution < 1.29 is 23.2 Å². The molecule has 11 heteroatoms. The van der Waals surface area contributed by atoms with Crippen LogP contribution in [0.4, 0.5) is 0 Å². The number of hydroxylamine groups is 1. The van der Waals surface area contributed by atoms with Gasteiger partial charge in [0.2, 0.25) is 5.91 Å². The quantitative estimate of drug-likeness (QED) is 0.416. The van der Waals surface area contributed by atoms with Gasteiger partial charge >= 0.3 is 0 Å². The van der Waals surface area contributed by atoms with Crippen LogP contribution < -0.4 is 10.5 Å². The number of thioether (sulfide) groups is 1. The molecule has 0 aliphatic carbocycles. The first-order valence-electron chi connectivity index (χ1n) is 11.2. The number of amides is 1. The van der Waals surface area contributed by atoms with E-state index >= 15 is 0 Å². The van der Waals surface area contributed by atoms with Gasteiger partial charge in [-0.3, -0.25) is 19.9 Å². The predicted octanol–water partition coefficient (Wildman–Crippen LogP) is 2.75. The molecule has 1 atom stereocenters. The molecule has 3 aromatic rings. The maximum absolute atomic E-state index is 13.1. The van der Waals surface area contributed by atoms with Gasteiger partial charge in [-0.2, -0.15) is 11.8 Å². The number of pyridine rings is 1. The lowest BCUT2D eigenvalue weighted by Crippen LogP contribution is -2.54. The van der Waals surface area contributed by atoms with Crippen molar-refractivity contribution >= 4 is 38.6 Å². The molecule has 2 aromatic carbocycles. The Labute approximate surface area is 208 Å². The van der Waals surface area contributed by atoms with Gasteiger partial charge in [0.1, 0.15) is 18.5 Å². The van der Waals surface area contributed by atoms with Gasteiger partial charge in [0, 0.05) is 47.7 Å². The Morgan fingerprint density at radius 1 is 1.26 bits per heavy atom. The van der Waals surface area contributed by atoms with Crippen molar-refractivity contribution in [1.82, 2.24) is 14.4 Å². The van der Waals surface area contributed by atoms with E-state index < -0.39 is 22.1 Å². The zero-order valence-electron chi connectivity index (χ0n) is 19.3. The van der Waals surface area contributed by atoms with Gasteiger partial charge in [-0.05, 0) is 43.3 Å². The molecule has 1 aliphatic rings. The van der Waals surface area contributed by atoms with Crippen LogP contribution in [0, 0.1) is 6.92 Å². The topological polar surface area (TPSA) is 126 Å². The molecular formula is C24H28N4O5S2. The molecule has 0 saturated carbocycles. The van der Waals surface area contributed by atoms with Crippen LogP contribution in [-0.2, 0) is 21.4 Å². The van der Waals surface area contributed by atoms with E-state index in [9.17, 15) is 18.4 Å². The average molecular weight is 517 g/mol. The van der Waals surface area contributed by atoms with E-state index in [-0.39, 0.29) is 17.9 Å². The maximum Gasteiger partial charge on any atom is 0.266 e. The number of carbonyl (C=O) groups excluding carboxylic acids is 1. The number of para-hydroxylation sites is 1. The van der Waals surface area contributed by atoms with Gasteiger partial charge in [0.15, 0.2) is 0 Å². The summed E-state index contributed by atoms with van der Waals surface area (Å²) in [6, 6.07) is 15.7. The van der Waals surface area contributed by atoms with Crippen LogP contribution in [0.15, 0.2) is 59.5 Å².